The molecule has 0 unspecified atom stereocenters. The Morgan fingerprint density at radius 1 is 1.43 bits per heavy atom. The maximum atomic E-state index is 11.5. The predicted molar refractivity (Wildman–Crippen MR) is 56.4 cm³/mol. The molecule has 1 heterocycles. The molecule has 3 nitrogen and oxygen atoms in total. The average molecular weight is 188 g/mol. The molecular weight excluding hydrogens is 176 g/mol. The molecule has 0 spiro atoms. The van der Waals surface area contributed by atoms with Crippen LogP contribution in [0.15, 0.2) is 24.4 Å². The minimum atomic E-state index is -0.0538. The summed E-state index contributed by atoms with van der Waals surface area (Å²) in [7, 11) is 1.64. The van der Waals surface area contributed by atoms with Gasteiger partial charge in [0, 0.05) is 24.1 Å². The van der Waals surface area contributed by atoms with Crippen molar-refractivity contribution in [2.45, 2.75) is 6.92 Å². The van der Waals surface area contributed by atoms with Gasteiger partial charge in [0.05, 0.1) is 5.56 Å². The fourth-order valence-corrected chi connectivity index (χ4v) is 1.56. The first-order valence-electron chi connectivity index (χ1n) is 4.52. The number of rotatable bonds is 1. The van der Waals surface area contributed by atoms with Crippen LogP contribution < -0.4 is 5.32 Å². The zero-order chi connectivity index (χ0) is 10.1. The highest BCUT2D eigenvalue weighted by atomic mass is 16.1. The summed E-state index contributed by atoms with van der Waals surface area (Å²) in [5, 5.41) is 3.60. The van der Waals surface area contributed by atoms with Gasteiger partial charge in [0.25, 0.3) is 5.91 Å². The van der Waals surface area contributed by atoms with Crippen molar-refractivity contribution in [1.29, 1.82) is 0 Å². The number of amides is 1. The molecule has 0 atom stereocenters. The molecule has 1 amide bonds. The van der Waals surface area contributed by atoms with E-state index in [0.717, 1.165) is 16.5 Å². The largest absolute Gasteiger partial charge is 0.360 e. The summed E-state index contributed by atoms with van der Waals surface area (Å²) in [6, 6.07) is 6.01. The van der Waals surface area contributed by atoms with Gasteiger partial charge in [-0.1, -0.05) is 11.6 Å². The van der Waals surface area contributed by atoms with Gasteiger partial charge in [-0.3, -0.25) is 4.79 Å². The smallest absolute Gasteiger partial charge is 0.253 e. The minimum absolute atomic E-state index is 0.0538. The second kappa shape index (κ2) is 3.18. The summed E-state index contributed by atoms with van der Waals surface area (Å²) in [6.07, 6.45) is 1.74. The zero-order valence-corrected chi connectivity index (χ0v) is 8.22. The summed E-state index contributed by atoms with van der Waals surface area (Å²) >= 11 is 0. The van der Waals surface area contributed by atoms with Crippen molar-refractivity contribution in [3.8, 4) is 0 Å². The lowest BCUT2D eigenvalue weighted by molar-refractivity contribution is 0.0965. The van der Waals surface area contributed by atoms with Crippen LogP contribution >= 0.6 is 0 Å². The molecule has 2 rings (SSSR count). The van der Waals surface area contributed by atoms with Gasteiger partial charge in [-0.15, -0.1) is 0 Å². The van der Waals surface area contributed by atoms with Crippen molar-refractivity contribution < 1.29 is 4.79 Å². The van der Waals surface area contributed by atoms with E-state index in [1.807, 2.05) is 25.1 Å². The highest BCUT2D eigenvalue weighted by Gasteiger charge is 2.09. The molecule has 2 N–H and O–H groups in total. The number of nitrogens with one attached hydrogen (secondary N) is 2. The van der Waals surface area contributed by atoms with Crippen LogP contribution in [0.25, 0.3) is 10.9 Å². The number of carbonyl (C=O) groups is 1. The van der Waals surface area contributed by atoms with Crippen molar-refractivity contribution >= 4 is 16.8 Å². The normalized spacial score (nSPS) is 10.4. The molecule has 3 heteroatoms. The maximum Gasteiger partial charge on any atom is 0.253 e. The lowest BCUT2D eigenvalue weighted by Gasteiger charge is -1.97. The van der Waals surface area contributed by atoms with E-state index in [0.29, 0.717) is 5.56 Å². The third-order valence-corrected chi connectivity index (χ3v) is 2.31. The minimum Gasteiger partial charge on any atom is -0.360 e. The monoisotopic (exact) mass is 188 g/mol. The summed E-state index contributed by atoms with van der Waals surface area (Å²) in [5.41, 5.74) is 2.85. The van der Waals surface area contributed by atoms with Gasteiger partial charge in [-0.2, -0.15) is 0 Å². The Bertz CT molecular complexity index is 485. The van der Waals surface area contributed by atoms with E-state index >= 15 is 0 Å². The van der Waals surface area contributed by atoms with Gasteiger partial charge in [-0.25, -0.2) is 0 Å². The first kappa shape index (κ1) is 8.81. The van der Waals surface area contributed by atoms with Crippen molar-refractivity contribution in [3.63, 3.8) is 0 Å². The van der Waals surface area contributed by atoms with Gasteiger partial charge in [-0.05, 0) is 19.1 Å². The second-order valence-corrected chi connectivity index (χ2v) is 3.33. The molecule has 0 radical (unpaired) electrons. The Morgan fingerprint density at radius 2 is 2.21 bits per heavy atom. The third kappa shape index (κ3) is 1.27. The molecule has 0 saturated carbocycles. The fraction of sp³-hybridized carbons (Fsp3) is 0.182. The van der Waals surface area contributed by atoms with Gasteiger partial charge in [0.15, 0.2) is 0 Å². The fourth-order valence-electron chi connectivity index (χ4n) is 1.56. The Labute approximate surface area is 82.1 Å². The lowest BCUT2D eigenvalue weighted by Crippen LogP contribution is -2.17. The van der Waals surface area contributed by atoms with Crippen LogP contribution in [0.3, 0.4) is 0 Å². The number of aryl methyl sites for hydroxylation is 1. The van der Waals surface area contributed by atoms with Crippen LogP contribution in [0.2, 0.25) is 0 Å². The van der Waals surface area contributed by atoms with E-state index in [4.69, 9.17) is 0 Å². The number of hydrogen-bond acceptors (Lipinski definition) is 1. The molecule has 0 aliphatic carbocycles. The standard InChI is InChI=1S/C11H12N2O/c1-7-3-4-10-8(5-7)9(6-13-10)11(14)12-2/h3-6,13H,1-2H3,(H,12,14). The number of carbonyl (C=O) groups excluding carboxylic acids is 1. The van der Waals surface area contributed by atoms with E-state index in [1.165, 1.54) is 0 Å². The summed E-state index contributed by atoms with van der Waals surface area (Å²) < 4.78 is 0. The quantitative estimate of drug-likeness (QED) is 0.704. The molecule has 2 aromatic rings. The van der Waals surface area contributed by atoms with Crippen molar-refractivity contribution in [3.05, 3.63) is 35.5 Å². The number of benzene rings is 1. The molecule has 14 heavy (non-hydrogen) atoms. The molecule has 0 bridgehead atoms. The van der Waals surface area contributed by atoms with Crippen molar-refractivity contribution in [1.82, 2.24) is 10.3 Å². The zero-order valence-electron chi connectivity index (χ0n) is 8.22. The maximum absolute atomic E-state index is 11.5. The van der Waals surface area contributed by atoms with Crippen LogP contribution in [0.4, 0.5) is 0 Å². The van der Waals surface area contributed by atoms with Crippen LogP contribution in [0, 0.1) is 6.92 Å². The SMILES string of the molecule is CNC(=O)c1c[nH]c2ccc(C)cc12. The number of H-pyrrole nitrogens is 1. The molecule has 0 fully saturated rings. The van der Waals surface area contributed by atoms with Gasteiger partial charge >= 0.3 is 0 Å². The Balaban J connectivity index is 2.67. The highest BCUT2D eigenvalue weighted by molar-refractivity contribution is 6.06. The number of fused-ring (bicyclic) bond motifs is 1. The topological polar surface area (TPSA) is 44.9 Å². The molecule has 0 aliphatic rings. The van der Waals surface area contributed by atoms with Crippen LogP contribution in [0.1, 0.15) is 15.9 Å². The molecule has 0 saturated heterocycles. The summed E-state index contributed by atoms with van der Waals surface area (Å²) in [5.74, 6) is -0.0538. The number of aromatic nitrogens is 1. The van der Waals surface area contributed by atoms with E-state index in [-0.39, 0.29) is 5.91 Å². The van der Waals surface area contributed by atoms with Gasteiger partial charge < -0.3 is 10.3 Å². The van der Waals surface area contributed by atoms with Crippen LogP contribution in [0.5, 0.6) is 0 Å². The molecule has 1 aromatic heterocycles. The van der Waals surface area contributed by atoms with Crippen LogP contribution in [-0.2, 0) is 0 Å². The van der Waals surface area contributed by atoms with Crippen molar-refractivity contribution in [2.75, 3.05) is 7.05 Å². The first-order valence-corrected chi connectivity index (χ1v) is 4.52. The molecule has 72 valence electrons. The van der Waals surface area contributed by atoms with E-state index in [1.54, 1.807) is 13.2 Å². The Morgan fingerprint density at radius 3 is 2.93 bits per heavy atom. The highest BCUT2D eigenvalue weighted by Crippen LogP contribution is 2.19. The number of hydrogen-bond donors (Lipinski definition) is 2. The summed E-state index contributed by atoms with van der Waals surface area (Å²) in [6.45, 7) is 2.01. The third-order valence-electron chi connectivity index (χ3n) is 2.31. The number of aromatic amines is 1. The van der Waals surface area contributed by atoms with Crippen molar-refractivity contribution in [2.24, 2.45) is 0 Å². The summed E-state index contributed by atoms with van der Waals surface area (Å²) in [4.78, 5) is 14.5. The average Bonchev–Trinajstić information content (AvgIpc) is 2.59. The predicted octanol–water partition coefficient (Wildman–Crippen LogP) is 1.84. The van der Waals surface area contributed by atoms with Crippen LogP contribution in [-0.4, -0.2) is 17.9 Å². The van der Waals surface area contributed by atoms with E-state index in [2.05, 4.69) is 10.3 Å². The van der Waals surface area contributed by atoms with E-state index < -0.39 is 0 Å². The Hall–Kier alpha value is -1.77. The van der Waals surface area contributed by atoms with Gasteiger partial charge in [0.1, 0.15) is 0 Å². The molecule has 0 aliphatic heterocycles. The Kier molecular flexibility index (Phi) is 2.00. The lowest BCUT2D eigenvalue weighted by atomic mass is 10.1. The molecular formula is C11H12N2O. The van der Waals surface area contributed by atoms with E-state index in [9.17, 15) is 4.79 Å². The first-order chi connectivity index (χ1) is 6.72. The van der Waals surface area contributed by atoms with Gasteiger partial charge in [0.2, 0.25) is 0 Å². The second-order valence-electron chi connectivity index (χ2n) is 3.33. The molecule has 1 aromatic carbocycles.